The Hall–Kier alpha value is -2.27. The summed E-state index contributed by atoms with van der Waals surface area (Å²) < 4.78 is 0. The van der Waals surface area contributed by atoms with Crippen molar-refractivity contribution < 1.29 is 0 Å². The van der Waals surface area contributed by atoms with Gasteiger partial charge in [-0.3, -0.25) is 4.98 Å². The zero-order valence-electron chi connectivity index (χ0n) is 9.46. The van der Waals surface area contributed by atoms with Crippen LogP contribution in [0.3, 0.4) is 0 Å². The summed E-state index contributed by atoms with van der Waals surface area (Å²) in [5.74, 6) is 5.93. The Morgan fingerprint density at radius 2 is 1.94 bits per heavy atom. The number of aliphatic imine (C=N–C) groups is 1. The molecule has 0 spiro atoms. The highest BCUT2D eigenvalue weighted by Gasteiger charge is 2.03. The molecule has 2 aromatic rings. The van der Waals surface area contributed by atoms with Crippen LogP contribution in [0.4, 0.5) is 5.69 Å². The number of hydrogen-bond donors (Lipinski definition) is 2. The summed E-state index contributed by atoms with van der Waals surface area (Å²) in [7, 11) is 0. The second kappa shape index (κ2) is 5.18. The summed E-state index contributed by atoms with van der Waals surface area (Å²) in [6, 6.07) is 9.53. The van der Waals surface area contributed by atoms with Crippen LogP contribution in [0, 0.1) is 6.92 Å². The molecule has 0 atom stereocenters. The summed E-state index contributed by atoms with van der Waals surface area (Å²) in [4.78, 5) is 12.7. The van der Waals surface area contributed by atoms with Crippen LogP contribution in [0.25, 0.3) is 0 Å². The molecule has 0 unspecified atom stereocenters. The molecule has 1 aromatic heterocycles. The second-order valence-corrected chi connectivity index (χ2v) is 3.48. The smallest absolute Gasteiger partial charge is 0.168 e. The van der Waals surface area contributed by atoms with Crippen molar-refractivity contribution in [3.63, 3.8) is 0 Å². The van der Waals surface area contributed by atoms with E-state index < -0.39 is 0 Å². The van der Waals surface area contributed by atoms with Crippen molar-refractivity contribution in [2.75, 3.05) is 0 Å². The van der Waals surface area contributed by atoms with E-state index in [1.165, 1.54) is 0 Å². The average molecular weight is 227 g/mol. The van der Waals surface area contributed by atoms with Gasteiger partial charge in [-0.2, -0.15) is 0 Å². The van der Waals surface area contributed by atoms with Gasteiger partial charge in [0.1, 0.15) is 5.69 Å². The molecule has 5 heteroatoms. The fourth-order valence-corrected chi connectivity index (χ4v) is 1.31. The third-order valence-electron chi connectivity index (χ3n) is 2.16. The lowest BCUT2D eigenvalue weighted by atomic mass is 10.3. The second-order valence-electron chi connectivity index (χ2n) is 3.48. The third-order valence-corrected chi connectivity index (χ3v) is 2.16. The van der Waals surface area contributed by atoms with Gasteiger partial charge in [0, 0.05) is 6.20 Å². The monoisotopic (exact) mass is 227 g/mol. The normalized spacial score (nSPS) is 11.3. The number of rotatable bonds is 2. The van der Waals surface area contributed by atoms with E-state index >= 15 is 0 Å². The van der Waals surface area contributed by atoms with Crippen LogP contribution in [0.2, 0.25) is 0 Å². The molecule has 17 heavy (non-hydrogen) atoms. The molecule has 0 amide bonds. The number of hydrogen-bond acceptors (Lipinski definition) is 4. The molecule has 0 aliphatic rings. The van der Waals surface area contributed by atoms with Crippen molar-refractivity contribution >= 4 is 11.5 Å². The lowest BCUT2D eigenvalue weighted by Gasteiger charge is -2.04. The lowest BCUT2D eigenvalue weighted by molar-refractivity contribution is 0.997. The molecule has 0 aliphatic heterocycles. The van der Waals surface area contributed by atoms with Crippen LogP contribution in [0.15, 0.2) is 47.7 Å². The first kappa shape index (κ1) is 11.2. The number of benzene rings is 1. The molecule has 0 aliphatic carbocycles. The quantitative estimate of drug-likeness (QED) is 0.351. The van der Waals surface area contributed by atoms with Crippen LogP contribution in [0.1, 0.15) is 11.4 Å². The van der Waals surface area contributed by atoms with Crippen molar-refractivity contribution in [3.8, 4) is 0 Å². The van der Waals surface area contributed by atoms with E-state index in [1.807, 2.05) is 37.3 Å². The van der Waals surface area contributed by atoms with Crippen LogP contribution >= 0.6 is 0 Å². The zero-order valence-corrected chi connectivity index (χ0v) is 9.46. The van der Waals surface area contributed by atoms with Crippen molar-refractivity contribution in [1.29, 1.82) is 0 Å². The van der Waals surface area contributed by atoms with Crippen molar-refractivity contribution in [1.82, 2.24) is 15.4 Å². The van der Waals surface area contributed by atoms with Gasteiger partial charge in [0.25, 0.3) is 0 Å². The summed E-state index contributed by atoms with van der Waals surface area (Å²) in [5.41, 5.74) is 4.81. The molecule has 0 fully saturated rings. The minimum Gasteiger partial charge on any atom is -0.307 e. The number of nitrogens with zero attached hydrogens (tertiary/aromatic N) is 3. The maximum absolute atomic E-state index is 5.44. The summed E-state index contributed by atoms with van der Waals surface area (Å²) >= 11 is 0. The predicted molar refractivity (Wildman–Crippen MR) is 66.7 cm³/mol. The molecule has 2 rings (SSSR count). The molecular formula is C12H13N5. The highest BCUT2D eigenvalue weighted by atomic mass is 15.3. The van der Waals surface area contributed by atoms with E-state index in [0.29, 0.717) is 11.5 Å². The Morgan fingerprint density at radius 1 is 1.18 bits per heavy atom. The largest absolute Gasteiger partial charge is 0.307 e. The number of amidine groups is 1. The lowest BCUT2D eigenvalue weighted by Crippen LogP contribution is -2.31. The first-order valence-electron chi connectivity index (χ1n) is 5.19. The Labute approximate surface area is 99.4 Å². The first-order chi connectivity index (χ1) is 8.29. The van der Waals surface area contributed by atoms with Crippen molar-refractivity contribution in [3.05, 3.63) is 54.1 Å². The number of nitrogens with one attached hydrogen (secondary N) is 1. The summed E-state index contributed by atoms with van der Waals surface area (Å²) in [6.07, 6.45) is 3.31. The number of para-hydroxylation sites is 1. The zero-order chi connectivity index (χ0) is 12.1. The van der Waals surface area contributed by atoms with Gasteiger partial charge in [0.05, 0.1) is 17.6 Å². The standard InChI is InChI=1S/C12H13N5/c1-9-7-15-11(8-14-9)12(17-13)16-10-5-3-2-4-6-10/h2-8H,13H2,1H3,(H,16,17). The van der Waals surface area contributed by atoms with Gasteiger partial charge in [0.15, 0.2) is 5.84 Å². The van der Waals surface area contributed by atoms with Gasteiger partial charge in [-0.15, -0.1) is 0 Å². The molecule has 3 N–H and O–H groups in total. The minimum atomic E-state index is 0.490. The fraction of sp³-hybridized carbons (Fsp3) is 0.0833. The third kappa shape index (κ3) is 2.85. The molecule has 86 valence electrons. The number of hydrazine groups is 1. The van der Waals surface area contributed by atoms with E-state index in [9.17, 15) is 0 Å². The van der Waals surface area contributed by atoms with Crippen LogP contribution < -0.4 is 11.3 Å². The average Bonchev–Trinajstić information content (AvgIpc) is 2.38. The van der Waals surface area contributed by atoms with Crippen molar-refractivity contribution in [2.45, 2.75) is 6.92 Å². The van der Waals surface area contributed by atoms with E-state index in [0.717, 1.165) is 11.4 Å². The molecule has 0 bridgehead atoms. The van der Waals surface area contributed by atoms with Gasteiger partial charge >= 0.3 is 0 Å². The van der Waals surface area contributed by atoms with Crippen LogP contribution in [-0.2, 0) is 0 Å². The Bertz CT molecular complexity index is 504. The van der Waals surface area contributed by atoms with Gasteiger partial charge in [-0.25, -0.2) is 15.8 Å². The van der Waals surface area contributed by atoms with Crippen LogP contribution in [-0.4, -0.2) is 15.8 Å². The molecular weight excluding hydrogens is 214 g/mol. The summed E-state index contributed by atoms with van der Waals surface area (Å²) in [5, 5.41) is 0. The Balaban J connectivity index is 2.34. The molecule has 0 saturated heterocycles. The number of aryl methyl sites for hydroxylation is 1. The number of nitrogens with two attached hydrogens (primary N) is 1. The number of aromatic nitrogens is 2. The van der Waals surface area contributed by atoms with Gasteiger partial charge in [-0.05, 0) is 19.1 Å². The highest BCUT2D eigenvalue weighted by Crippen LogP contribution is 2.10. The van der Waals surface area contributed by atoms with E-state index in [-0.39, 0.29) is 0 Å². The molecule has 0 saturated carbocycles. The maximum Gasteiger partial charge on any atom is 0.168 e. The predicted octanol–water partition coefficient (Wildman–Crippen LogP) is 1.33. The Kier molecular flexibility index (Phi) is 3.42. The van der Waals surface area contributed by atoms with Gasteiger partial charge < -0.3 is 5.43 Å². The van der Waals surface area contributed by atoms with E-state index in [2.05, 4.69) is 20.4 Å². The minimum absolute atomic E-state index is 0.490. The summed E-state index contributed by atoms with van der Waals surface area (Å²) in [6.45, 7) is 1.88. The Morgan fingerprint density at radius 3 is 2.53 bits per heavy atom. The maximum atomic E-state index is 5.44. The fourth-order valence-electron chi connectivity index (χ4n) is 1.31. The van der Waals surface area contributed by atoms with Gasteiger partial charge in [-0.1, -0.05) is 18.2 Å². The topological polar surface area (TPSA) is 76.2 Å². The molecule has 1 aromatic carbocycles. The molecule has 1 heterocycles. The highest BCUT2D eigenvalue weighted by molar-refractivity contribution is 5.97. The van der Waals surface area contributed by atoms with Crippen LogP contribution in [0.5, 0.6) is 0 Å². The van der Waals surface area contributed by atoms with Crippen molar-refractivity contribution in [2.24, 2.45) is 10.8 Å². The first-order valence-corrected chi connectivity index (χ1v) is 5.19. The molecule has 5 nitrogen and oxygen atoms in total. The molecule has 0 radical (unpaired) electrons. The SMILES string of the molecule is Cc1cnc(C(=Nc2ccccc2)NN)cn1. The van der Waals surface area contributed by atoms with E-state index in [1.54, 1.807) is 12.4 Å². The van der Waals surface area contributed by atoms with Gasteiger partial charge in [0.2, 0.25) is 0 Å². The van der Waals surface area contributed by atoms with E-state index in [4.69, 9.17) is 5.84 Å².